The Morgan fingerprint density at radius 1 is 1.22 bits per heavy atom. The molecule has 182 valence electrons. The van der Waals surface area contributed by atoms with Gasteiger partial charge in [0.25, 0.3) is 0 Å². The van der Waals surface area contributed by atoms with Crippen molar-refractivity contribution >= 4 is 38.9 Å². The summed E-state index contributed by atoms with van der Waals surface area (Å²) in [7, 11) is 0. The third kappa shape index (κ3) is 4.97. The van der Waals surface area contributed by atoms with Crippen LogP contribution < -0.4 is 9.64 Å². The van der Waals surface area contributed by atoms with Crippen LogP contribution in [0.1, 0.15) is 20.1 Å². The number of hydrogen-bond donors (Lipinski definition) is 1. The van der Waals surface area contributed by atoms with Crippen molar-refractivity contribution in [3.8, 4) is 34.5 Å². The van der Waals surface area contributed by atoms with Crippen LogP contribution in [0.4, 0.5) is 5.69 Å². The number of carboxylic acid groups (broad SMARTS) is 1. The second kappa shape index (κ2) is 10.5. The summed E-state index contributed by atoms with van der Waals surface area (Å²) in [4.78, 5) is 19.1. The number of nitriles is 1. The maximum Gasteiger partial charge on any atom is 0.345 e. The molecule has 36 heavy (non-hydrogen) atoms. The van der Waals surface area contributed by atoms with Crippen LogP contribution in [0.15, 0.2) is 57.7 Å². The summed E-state index contributed by atoms with van der Waals surface area (Å²) in [6.07, 6.45) is 1.50. The lowest BCUT2D eigenvalue weighted by molar-refractivity contribution is 0.0702. The monoisotopic (exact) mass is 566 g/mol. The normalized spacial score (nSPS) is 13.4. The number of aromatic nitrogens is 2. The minimum atomic E-state index is -1.02. The molecule has 9 nitrogen and oxygen atoms in total. The van der Waals surface area contributed by atoms with Gasteiger partial charge in [0.15, 0.2) is 5.76 Å². The number of anilines is 1. The van der Waals surface area contributed by atoms with Crippen LogP contribution in [0.2, 0.25) is 0 Å². The van der Waals surface area contributed by atoms with Crippen molar-refractivity contribution in [1.29, 1.82) is 5.26 Å². The highest BCUT2D eigenvalue weighted by molar-refractivity contribution is 9.10. The minimum Gasteiger partial charge on any atom is -0.477 e. The van der Waals surface area contributed by atoms with Gasteiger partial charge in [-0.3, -0.25) is 0 Å². The number of thiophene rings is 1. The number of carboxylic acids is 1. The number of halogens is 1. The van der Waals surface area contributed by atoms with Crippen LogP contribution in [-0.2, 0) is 11.3 Å². The van der Waals surface area contributed by atoms with Crippen molar-refractivity contribution in [2.24, 2.45) is 0 Å². The predicted octanol–water partition coefficient (Wildman–Crippen LogP) is 5.21. The van der Waals surface area contributed by atoms with Gasteiger partial charge >= 0.3 is 5.97 Å². The average Bonchev–Trinajstić information content (AvgIpc) is 3.58. The fourth-order valence-electron chi connectivity index (χ4n) is 3.84. The van der Waals surface area contributed by atoms with Crippen molar-refractivity contribution in [3.05, 3.63) is 68.5 Å². The summed E-state index contributed by atoms with van der Waals surface area (Å²) in [5.41, 5.74) is 3.24. The van der Waals surface area contributed by atoms with Gasteiger partial charge in [-0.25, -0.2) is 9.78 Å². The first-order chi connectivity index (χ1) is 17.5. The topological polar surface area (TPSA) is 122 Å². The highest BCUT2D eigenvalue weighted by Crippen LogP contribution is 2.35. The molecule has 0 radical (unpaired) electrons. The second-order valence-corrected chi connectivity index (χ2v) is 9.84. The Morgan fingerprint density at radius 2 is 2.00 bits per heavy atom. The van der Waals surface area contributed by atoms with E-state index in [0.29, 0.717) is 39.6 Å². The fraction of sp³-hybridized carbons (Fsp3) is 0.200. The van der Waals surface area contributed by atoms with Crippen molar-refractivity contribution in [1.82, 2.24) is 10.1 Å². The zero-order chi connectivity index (χ0) is 25.1. The molecular weight excluding hydrogens is 548 g/mol. The minimum absolute atomic E-state index is 0.0372. The molecule has 1 saturated heterocycles. The van der Waals surface area contributed by atoms with Crippen molar-refractivity contribution in [2.45, 2.75) is 6.61 Å². The molecule has 4 heterocycles. The quantitative estimate of drug-likeness (QED) is 0.321. The van der Waals surface area contributed by atoms with E-state index in [4.69, 9.17) is 14.0 Å². The molecule has 1 aliphatic heterocycles. The molecule has 1 aliphatic rings. The van der Waals surface area contributed by atoms with E-state index in [1.54, 1.807) is 12.1 Å². The Bertz CT molecular complexity index is 1420. The Hall–Kier alpha value is -3.72. The molecule has 0 atom stereocenters. The van der Waals surface area contributed by atoms with E-state index in [2.05, 4.69) is 37.0 Å². The largest absolute Gasteiger partial charge is 0.477 e. The fourth-order valence-corrected chi connectivity index (χ4v) is 5.38. The Kier molecular flexibility index (Phi) is 6.99. The molecule has 4 aromatic rings. The van der Waals surface area contributed by atoms with Gasteiger partial charge in [-0.05, 0) is 40.2 Å². The lowest BCUT2D eigenvalue weighted by atomic mass is 10.0. The van der Waals surface area contributed by atoms with Gasteiger partial charge in [0.05, 0.1) is 30.0 Å². The third-order valence-corrected chi connectivity index (χ3v) is 7.72. The molecule has 0 amide bonds. The van der Waals surface area contributed by atoms with Crippen LogP contribution in [0.25, 0.3) is 22.6 Å². The van der Waals surface area contributed by atoms with E-state index in [1.165, 1.54) is 12.3 Å². The van der Waals surface area contributed by atoms with E-state index in [1.807, 2.05) is 24.3 Å². The highest BCUT2D eigenvalue weighted by atomic mass is 79.9. The van der Waals surface area contributed by atoms with Gasteiger partial charge in [-0.1, -0.05) is 17.3 Å². The van der Waals surface area contributed by atoms with Gasteiger partial charge in [0.2, 0.25) is 5.88 Å². The summed E-state index contributed by atoms with van der Waals surface area (Å²) in [5, 5.41) is 23.0. The summed E-state index contributed by atoms with van der Waals surface area (Å²) >= 11 is 4.47. The van der Waals surface area contributed by atoms with Crippen LogP contribution in [0.5, 0.6) is 5.88 Å². The SMILES string of the molecule is N#Cc1c(-c2ccno2)cc(-c2ccc(N3CCOCC3)cc2)nc1OCc1sc(C(=O)O)cc1Br. The van der Waals surface area contributed by atoms with Crippen LogP contribution in [-0.4, -0.2) is 47.5 Å². The van der Waals surface area contributed by atoms with E-state index < -0.39 is 5.97 Å². The molecule has 0 saturated carbocycles. The zero-order valence-corrected chi connectivity index (χ0v) is 21.2. The van der Waals surface area contributed by atoms with Crippen LogP contribution in [0, 0.1) is 11.3 Å². The number of morpholine rings is 1. The Balaban J connectivity index is 1.50. The summed E-state index contributed by atoms with van der Waals surface area (Å²) in [5.74, 6) is -0.482. The maximum absolute atomic E-state index is 11.3. The standard InChI is InChI=1S/C25H19BrN4O5S/c26-19-12-22(25(31)32)36-23(19)14-34-24-18(13-27)17(21-5-6-28-35-21)11-20(29-24)15-1-3-16(4-2-15)30-7-9-33-10-8-30/h1-6,11-12H,7-10,14H2,(H,31,32). The molecule has 1 N–H and O–H groups in total. The summed E-state index contributed by atoms with van der Waals surface area (Å²) in [6.45, 7) is 3.12. The smallest absolute Gasteiger partial charge is 0.345 e. The number of aromatic carboxylic acids is 1. The first-order valence-corrected chi connectivity index (χ1v) is 12.6. The van der Waals surface area contributed by atoms with E-state index in [0.717, 1.165) is 35.7 Å². The van der Waals surface area contributed by atoms with Crippen LogP contribution in [0.3, 0.4) is 0 Å². The lowest BCUT2D eigenvalue weighted by Gasteiger charge is -2.28. The molecule has 11 heteroatoms. The third-order valence-electron chi connectivity index (χ3n) is 5.65. The van der Waals surface area contributed by atoms with Gasteiger partial charge < -0.3 is 24.0 Å². The van der Waals surface area contributed by atoms with Gasteiger partial charge in [-0.2, -0.15) is 5.26 Å². The number of pyridine rings is 1. The van der Waals surface area contributed by atoms with Crippen molar-refractivity contribution in [2.75, 3.05) is 31.2 Å². The first kappa shape index (κ1) is 24.0. The molecule has 0 aliphatic carbocycles. The zero-order valence-electron chi connectivity index (χ0n) is 18.8. The predicted molar refractivity (Wildman–Crippen MR) is 136 cm³/mol. The van der Waals surface area contributed by atoms with Crippen molar-refractivity contribution < 1.29 is 23.9 Å². The first-order valence-electron chi connectivity index (χ1n) is 11.0. The molecule has 5 rings (SSSR count). The van der Waals surface area contributed by atoms with E-state index in [-0.39, 0.29) is 22.9 Å². The lowest BCUT2D eigenvalue weighted by Crippen LogP contribution is -2.36. The number of hydrogen-bond acceptors (Lipinski definition) is 9. The number of nitrogens with zero attached hydrogens (tertiary/aromatic N) is 4. The number of rotatable bonds is 7. The maximum atomic E-state index is 11.3. The van der Waals surface area contributed by atoms with E-state index in [9.17, 15) is 15.2 Å². The number of benzene rings is 1. The van der Waals surface area contributed by atoms with Gasteiger partial charge in [0.1, 0.15) is 23.1 Å². The van der Waals surface area contributed by atoms with E-state index >= 15 is 0 Å². The highest BCUT2D eigenvalue weighted by Gasteiger charge is 2.21. The summed E-state index contributed by atoms with van der Waals surface area (Å²) < 4.78 is 17.4. The summed E-state index contributed by atoms with van der Waals surface area (Å²) in [6, 6.07) is 15.1. The van der Waals surface area contributed by atoms with Crippen molar-refractivity contribution in [3.63, 3.8) is 0 Å². The van der Waals surface area contributed by atoms with Gasteiger partial charge in [0, 0.05) is 40.4 Å². The second-order valence-electron chi connectivity index (χ2n) is 7.85. The van der Waals surface area contributed by atoms with Gasteiger partial charge in [-0.15, -0.1) is 11.3 Å². The number of carbonyl (C=O) groups is 1. The Labute approximate surface area is 218 Å². The molecule has 0 bridgehead atoms. The molecular formula is C25H19BrN4O5S. The molecule has 0 unspecified atom stereocenters. The average molecular weight is 567 g/mol. The molecule has 3 aromatic heterocycles. The molecule has 0 spiro atoms. The molecule has 1 fully saturated rings. The molecule has 1 aromatic carbocycles. The number of ether oxygens (including phenoxy) is 2. The van der Waals surface area contributed by atoms with Crippen LogP contribution >= 0.6 is 27.3 Å². The Morgan fingerprint density at radius 3 is 2.64 bits per heavy atom.